The molecule has 5 heteroatoms. The zero-order chi connectivity index (χ0) is 14.4. The van der Waals surface area contributed by atoms with Crippen LogP contribution in [0.15, 0.2) is 12.3 Å². The van der Waals surface area contributed by atoms with Gasteiger partial charge in [0.1, 0.15) is 0 Å². The monoisotopic (exact) mass is 265 g/mol. The van der Waals surface area contributed by atoms with E-state index in [2.05, 4.69) is 10.3 Å². The number of pyridine rings is 1. The van der Waals surface area contributed by atoms with Gasteiger partial charge < -0.3 is 16.2 Å². The average molecular weight is 265 g/mol. The second-order valence-electron chi connectivity index (χ2n) is 4.76. The zero-order valence-corrected chi connectivity index (χ0v) is 11.8. The highest BCUT2D eigenvalue weighted by atomic mass is 16.3. The number of nitrogen functional groups attached to an aromatic ring is 1. The van der Waals surface area contributed by atoms with Crippen LogP contribution in [0.1, 0.15) is 42.7 Å². The van der Waals surface area contributed by atoms with Crippen molar-refractivity contribution in [2.75, 3.05) is 12.3 Å². The molecule has 4 N–H and O–H groups in total. The van der Waals surface area contributed by atoms with Gasteiger partial charge in [0.15, 0.2) is 0 Å². The molecule has 19 heavy (non-hydrogen) atoms. The first-order valence-electron chi connectivity index (χ1n) is 6.67. The highest BCUT2D eigenvalue weighted by molar-refractivity contribution is 5.95. The molecule has 1 unspecified atom stereocenters. The van der Waals surface area contributed by atoms with E-state index >= 15 is 0 Å². The van der Waals surface area contributed by atoms with E-state index in [4.69, 9.17) is 5.73 Å². The molecule has 0 aromatic carbocycles. The van der Waals surface area contributed by atoms with Crippen molar-refractivity contribution in [3.8, 4) is 0 Å². The molecule has 0 spiro atoms. The number of anilines is 1. The SMILES string of the molecule is CCC(CC)C(O)CNC(=O)c1cc(N)cnc1C. The van der Waals surface area contributed by atoms with Gasteiger partial charge in [-0.15, -0.1) is 0 Å². The van der Waals surface area contributed by atoms with Crippen LogP contribution in [0, 0.1) is 12.8 Å². The highest BCUT2D eigenvalue weighted by Crippen LogP contribution is 2.13. The standard InChI is InChI=1S/C14H23N3O2/c1-4-10(5-2)13(18)8-17-14(19)12-6-11(15)7-16-9(12)3/h6-7,10,13,18H,4-5,8,15H2,1-3H3,(H,17,19). The number of amides is 1. The van der Waals surface area contributed by atoms with Gasteiger partial charge in [-0.1, -0.05) is 26.7 Å². The fourth-order valence-electron chi connectivity index (χ4n) is 2.07. The number of aliphatic hydroxyl groups excluding tert-OH is 1. The molecule has 1 aromatic heterocycles. The first-order chi connectivity index (χ1) is 8.99. The van der Waals surface area contributed by atoms with Gasteiger partial charge in [0.05, 0.1) is 29.2 Å². The van der Waals surface area contributed by atoms with Crippen LogP contribution in [0.5, 0.6) is 0 Å². The Hall–Kier alpha value is -1.62. The summed E-state index contributed by atoms with van der Waals surface area (Å²) in [5.74, 6) is -0.0392. The van der Waals surface area contributed by atoms with E-state index in [1.165, 1.54) is 6.20 Å². The number of rotatable bonds is 6. The molecular weight excluding hydrogens is 242 g/mol. The highest BCUT2D eigenvalue weighted by Gasteiger charge is 2.17. The van der Waals surface area contributed by atoms with Gasteiger partial charge >= 0.3 is 0 Å². The van der Waals surface area contributed by atoms with Crippen LogP contribution in [-0.2, 0) is 0 Å². The summed E-state index contributed by atoms with van der Waals surface area (Å²) in [6, 6.07) is 1.60. The van der Waals surface area contributed by atoms with Crippen molar-refractivity contribution in [2.45, 2.75) is 39.7 Å². The smallest absolute Gasteiger partial charge is 0.253 e. The van der Waals surface area contributed by atoms with Gasteiger partial charge in [0.2, 0.25) is 0 Å². The van der Waals surface area contributed by atoms with Crippen molar-refractivity contribution in [3.63, 3.8) is 0 Å². The summed E-state index contributed by atoms with van der Waals surface area (Å²) < 4.78 is 0. The fourth-order valence-corrected chi connectivity index (χ4v) is 2.07. The molecule has 1 aromatic rings. The summed E-state index contributed by atoms with van der Waals surface area (Å²) in [5.41, 5.74) is 7.16. The quantitative estimate of drug-likeness (QED) is 0.727. The predicted octanol–water partition coefficient (Wildman–Crippen LogP) is 1.50. The third-order valence-electron chi connectivity index (χ3n) is 3.42. The normalized spacial score (nSPS) is 12.5. The summed E-state index contributed by atoms with van der Waals surface area (Å²) in [6.07, 6.45) is 2.79. The number of carbonyl (C=O) groups is 1. The number of nitrogens with one attached hydrogen (secondary N) is 1. The number of aliphatic hydroxyl groups is 1. The maximum absolute atomic E-state index is 12.0. The second-order valence-corrected chi connectivity index (χ2v) is 4.76. The lowest BCUT2D eigenvalue weighted by atomic mass is 9.96. The Labute approximate surface area is 114 Å². The Morgan fingerprint density at radius 1 is 1.47 bits per heavy atom. The third-order valence-corrected chi connectivity index (χ3v) is 3.42. The van der Waals surface area contributed by atoms with Crippen LogP contribution < -0.4 is 11.1 Å². The summed E-state index contributed by atoms with van der Waals surface area (Å²) in [7, 11) is 0. The van der Waals surface area contributed by atoms with E-state index in [9.17, 15) is 9.90 Å². The molecule has 0 fully saturated rings. The topological polar surface area (TPSA) is 88.2 Å². The van der Waals surface area contributed by atoms with Gasteiger partial charge in [0, 0.05) is 6.54 Å². The molecule has 0 saturated carbocycles. The van der Waals surface area contributed by atoms with Crippen LogP contribution in [0.3, 0.4) is 0 Å². The number of nitrogens with two attached hydrogens (primary N) is 1. The molecule has 0 bridgehead atoms. The van der Waals surface area contributed by atoms with Crippen LogP contribution in [-0.4, -0.2) is 28.6 Å². The lowest BCUT2D eigenvalue weighted by molar-refractivity contribution is 0.0816. The fraction of sp³-hybridized carbons (Fsp3) is 0.571. The van der Waals surface area contributed by atoms with E-state index in [1.807, 2.05) is 13.8 Å². The number of aryl methyl sites for hydroxylation is 1. The molecule has 5 nitrogen and oxygen atoms in total. The molecule has 1 heterocycles. The Kier molecular flexibility index (Phi) is 5.76. The van der Waals surface area contributed by atoms with E-state index in [0.717, 1.165) is 12.8 Å². The van der Waals surface area contributed by atoms with Crippen molar-refractivity contribution in [2.24, 2.45) is 5.92 Å². The lowest BCUT2D eigenvalue weighted by Gasteiger charge is -2.20. The summed E-state index contributed by atoms with van der Waals surface area (Å²) in [6.45, 7) is 6.07. The molecule has 0 radical (unpaired) electrons. The Morgan fingerprint density at radius 2 is 2.11 bits per heavy atom. The number of hydrogen-bond acceptors (Lipinski definition) is 4. The van der Waals surface area contributed by atoms with Gasteiger partial charge in [0.25, 0.3) is 5.91 Å². The number of hydrogen-bond donors (Lipinski definition) is 3. The van der Waals surface area contributed by atoms with Crippen molar-refractivity contribution < 1.29 is 9.90 Å². The minimum absolute atomic E-state index is 0.209. The van der Waals surface area contributed by atoms with E-state index in [-0.39, 0.29) is 18.4 Å². The third kappa shape index (κ3) is 4.21. The number of carbonyl (C=O) groups excluding carboxylic acids is 1. The number of aromatic nitrogens is 1. The maximum Gasteiger partial charge on any atom is 0.253 e. The summed E-state index contributed by atoms with van der Waals surface area (Å²) in [4.78, 5) is 16.0. The molecule has 0 saturated heterocycles. The Morgan fingerprint density at radius 3 is 2.68 bits per heavy atom. The Bertz CT molecular complexity index is 431. The first-order valence-corrected chi connectivity index (χ1v) is 6.67. The zero-order valence-electron chi connectivity index (χ0n) is 11.8. The largest absolute Gasteiger partial charge is 0.397 e. The van der Waals surface area contributed by atoms with Crippen molar-refractivity contribution in [3.05, 3.63) is 23.5 Å². The van der Waals surface area contributed by atoms with Crippen LogP contribution in [0.4, 0.5) is 5.69 Å². The average Bonchev–Trinajstić information content (AvgIpc) is 2.40. The van der Waals surface area contributed by atoms with Crippen molar-refractivity contribution in [1.82, 2.24) is 10.3 Å². The first kappa shape index (κ1) is 15.4. The molecule has 1 amide bonds. The maximum atomic E-state index is 12.0. The van der Waals surface area contributed by atoms with Crippen LogP contribution >= 0.6 is 0 Å². The lowest BCUT2D eigenvalue weighted by Crippen LogP contribution is -2.36. The van der Waals surface area contributed by atoms with E-state index < -0.39 is 6.10 Å². The molecule has 0 aliphatic carbocycles. The summed E-state index contributed by atoms with van der Waals surface area (Å²) >= 11 is 0. The van der Waals surface area contributed by atoms with E-state index in [1.54, 1.807) is 13.0 Å². The second kappa shape index (κ2) is 7.09. The van der Waals surface area contributed by atoms with Gasteiger partial charge in [-0.3, -0.25) is 9.78 Å². The molecule has 106 valence electrons. The molecular formula is C14H23N3O2. The number of nitrogens with zero attached hydrogens (tertiary/aromatic N) is 1. The molecule has 0 aliphatic rings. The van der Waals surface area contributed by atoms with Crippen molar-refractivity contribution in [1.29, 1.82) is 0 Å². The van der Waals surface area contributed by atoms with Gasteiger partial charge in [-0.25, -0.2) is 0 Å². The molecule has 0 aliphatic heterocycles. The Balaban J connectivity index is 2.63. The van der Waals surface area contributed by atoms with Gasteiger partial charge in [-0.2, -0.15) is 0 Å². The van der Waals surface area contributed by atoms with Crippen molar-refractivity contribution >= 4 is 11.6 Å². The van der Waals surface area contributed by atoms with E-state index in [0.29, 0.717) is 16.9 Å². The molecule has 1 rings (SSSR count). The minimum atomic E-state index is -0.520. The summed E-state index contributed by atoms with van der Waals surface area (Å²) in [5, 5.41) is 12.7. The predicted molar refractivity (Wildman–Crippen MR) is 75.8 cm³/mol. The minimum Gasteiger partial charge on any atom is -0.397 e. The van der Waals surface area contributed by atoms with Gasteiger partial charge in [-0.05, 0) is 18.9 Å². The van der Waals surface area contributed by atoms with Crippen LogP contribution in [0.2, 0.25) is 0 Å². The van der Waals surface area contributed by atoms with Crippen LogP contribution in [0.25, 0.3) is 0 Å². The molecule has 1 atom stereocenters.